The Labute approximate surface area is 431 Å². The van der Waals surface area contributed by atoms with Crippen molar-refractivity contribution in [3.8, 4) is 0 Å². The van der Waals surface area contributed by atoms with E-state index in [0.29, 0.717) is 0 Å². The predicted molar refractivity (Wildman–Crippen MR) is 254 cm³/mol. The zero-order valence-electron chi connectivity index (χ0n) is 37.0. The molecule has 0 atom stereocenters. The van der Waals surface area contributed by atoms with Crippen LogP contribution in [-0.4, -0.2) is 0 Å². The Morgan fingerprint density at radius 2 is 0.459 bits per heavy atom. The van der Waals surface area contributed by atoms with Crippen LogP contribution in [0.2, 0.25) is 0 Å². The molecule has 74 heavy (non-hydrogen) atoms. The Balaban J connectivity index is 0.000000233. The molecule has 1 nitrogen and oxygen atoms in total. The van der Waals surface area contributed by atoms with E-state index >= 15 is 0 Å². The van der Waals surface area contributed by atoms with Gasteiger partial charge in [-0.05, 0) is 36.4 Å². The second-order valence-electron chi connectivity index (χ2n) is 14.5. The maximum atomic E-state index is 12.0. The zero-order chi connectivity index (χ0) is 54.2. The van der Waals surface area contributed by atoms with Gasteiger partial charge in [-0.2, -0.15) is 0 Å². The molecule has 386 valence electrons. The quantitative estimate of drug-likeness (QED) is 0.0377. The van der Waals surface area contributed by atoms with E-state index in [4.69, 9.17) is 4.52 Å². The number of hydrogen-bond donors (Lipinski definition) is 0. The molecule has 0 bridgehead atoms. The van der Waals surface area contributed by atoms with Gasteiger partial charge in [0.05, 0.1) is 87.3 Å². The molecule has 0 spiro atoms. The van der Waals surface area contributed by atoms with Crippen LogP contribution in [0.25, 0.3) is 0 Å². The van der Waals surface area contributed by atoms with Crippen LogP contribution in [0.3, 0.4) is 0 Å². The van der Waals surface area contributed by atoms with Crippen molar-refractivity contribution < 1.29 is 85.8 Å². The molecule has 0 radical (unpaired) electrons. The molecule has 0 aliphatic carbocycles. The van der Waals surface area contributed by atoms with Crippen LogP contribution in [0, 0.1) is 105 Å². The van der Waals surface area contributed by atoms with Gasteiger partial charge < -0.3 is 0 Å². The molecular formula is C54H30AuClF15NP2-2. The molecule has 0 heterocycles. The summed E-state index contributed by atoms with van der Waals surface area (Å²) in [6, 6.07) is 68.7. The first-order chi connectivity index (χ1) is 35.4. The van der Waals surface area contributed by atoms with Crippen molar-refractivity contribution >= 4 is 55.5 Å². The molecular weight excluding hydrogens is 1240 g/mol. The van der Waals surface area contributed by atoms with E-state index in [9.17, 15) is 65.9 Å². The Hall–Kier alpha value is -6.38. The summed E-state index contributed by atoms with van der Waals surface area (Å²) in [6.45, 7) is 0. The van der Waals surface area contributed by atoms with Gasteiger partial charge in [0.1, 0.15) is 23.0 Å². The number of halogens is 16. The summed E-state index contributed by atoms with van der Waals surface area (Å²) in [7, 11) is -0.410. The van der Waals surface area contributed by atoms with Crippen LogP contribution in [0.4, 0.5) is 65.9 Å². The first-order valence-electron chi connectivity index (χ1n) is 20.7. The van der Waals surface area contributed by atoms with Crippen LogP contribution < -0.4 is 31.8 Å². The van der Waals surface area contributed by atoms with Crippen molar-refractivity contribution in [2.75, 3.05) is 0 Å². The van der Waals surface area contributed by atoms with Crippen molar-refractivity contribution in [1.29, 1.82) is 0 Å². The molecule has 20 heteroatoms. The third kappa shape index (κ3) is 13.3. The summed E-state index contributed by atoms with van der Waals surface area (Å²) < 4.78 is 186. The van der Waals surface area contributed by atoms with Gasteiger partial charge in [-0.25, -0.2) is 39.5 Å². The van der Waals surface area contributed by atoms with Gasteiger partial charge in [0.25, 0.3) is 0 Å². The zero-order valence-corrected chi connectivity index (χ0v) is 41.7. The van der Waals surface area contributed by atoms with Gasteiger partial charge in [-0.1, -0.05) is 146 Å². The molecule has 0 amide bonds. The van der Waals surface area contributed by atoms with Crippen molar-refractivity contribution in [1.82, 2.24) is 0 Å². The molecule has 0 aliphatic rings. The third-order valence-electron chi connectivity index (χ3n) is 10.0. The Morgan fingerprint density at radius 3 is 0.649 bits per heavy atom. The maximum Gasteiger partial charge on any atom is 0.228 e. The number of hydrogen-bond acceptors (Lipinski definition) is 1. The molecule has 0 N–H and O–H groups in total. The van der Waals surface area contributed by atoms with E-state index < -0.39 is 102 Å². The molecule has 9 aromatic rings. The van der Waals surface area contributed by atoms with Gasteiger partial charge >= 0.3 is 29.2 Å². The summed E-state index contributed by atoms with van der Waals surface area (Å²) in [4.78, 5) is 0. The molecule has 0 fully saturated rings. The van der Waals surface area contributed by atoms with E-state index in [0.717, 1.165) is 18.2 Å². The number of nitrogens with zero attached hydrogens (tertiary/aromatic N) is 1. The van der Waals surface area contributed by atoms with Crippen molar-refractivity contribution in [2.24, 2.45) is 4.52 Å². The van der Waals surface area contributed by atoms with Crippen molar-refractivity contribution in [3.05, 3.63) is 287 Å². The minimum absolute atomic E-state index is 1.02. The predicted octanol–water partition coefficient (Wildman–Crippen LogP) is 14.3. The van der Waals surface area contributed by atoms with Crippen LogP contribution in [0.5, 0.6) is 0 Å². The fourth-order valence-corrected chi connectivity index (χ4v) is 16.3. The molecule has 0 aliphatic heterocycles. The van der Waals surface area contributed by atoms with Gasteiger partial charge in [-0.15, -0.1) is 22.7 Å². The Kier molecular flexibility index (Phi) is 21.5. The second-order valence-corrected chi connectivity index (χ2v) is 20.8. The fourth-order valence-electron chi connectivity index (χ4n) is 6.75. The minimum atomic E-state index is -2.50. The minimum Gasteiger partial charge on any atom is -0.121 e. The van der Waals surface area contributed by atoms with Gasteiger partial charge in [0, 0.05) is 15.9 Å². The van der Waals surface area contributed by atoms with Gasteiger partial charge in [0.15, 0.2) is 0 Å². The first-order valence-corrected chi connectivity index (χ1v) is 26.8. The maximum absolute atomic E-state index is 12.0. The first kappa shape index (κ1) is 58.5. The average Bonchev–Trinajstić information content (AvgIpc) is 3.45. The third-order valence-corrected chi connectivity index (χ3v) is 18.4. The number of benzene rings is 9. The summed E-state index contributed by atoms with van der Waals surface area (Å²) in [5.41, 5.74) is 0. The molecule has 0 saturated heterocycles. The summed E-state index contributed by atoms with van der Waals surface area (Å²) >= 11 is 1.75. The molecule has 9 rings (SSSR count). The average molecular weight is 1270 g/mol. The van der Waals surface area contributed by atoms with E-state index in [2.05, 4.69) is 191 Å². The van der Waals surface area contributed by atoms with Crippen molar-refractivity contribution in [2.45, 2.75) is 0 Å². The molecule has 0 saturated carbocycles. The second kappa shape index (κ2) is 27.2. The van der Waals surface area contributed by atoms with E-state index in [1.54, 1.807) is 20.0 Å². The standard InChI is InChI=1S/C36H30NP2.3C6F5.Au.ClH/c1-7-19-31(20-8-1)38(32-21-9-2-10-22-32,33-23-11-3-12-24-33)37-39(34-25-13-4-14-26-34,35-27-15-5-16-28-35)36-29-17-6-18-30-36;3*7-2-1-3(8)5(10)6(11)4(2)9;;/h1-30H;;;;;1H/q+1;3*-1;+1;/p-1. The molecule has 9 aromatic carbocycles. The molecule has 0 unspecified atom stereocenters. The normalized spacial score (nSPS) is 10.8. The summed E-state index contributed by atoms with van der Waals surface area (Å²) in [5.74, 6) is -30.1. The van der Waals surface area contributed by atoms with Crippen molar-refractivity contribution in [3.63, 3.8) is 0 Å². The number of rotatable bonds is 7. The van der Waals surface area contributed by atoms with E-state index in [1.165, 1.54) is 31.8 Å². The summed E-state index contributed by atoms with van der Waals surface area (Å²) in [6.07, 6.45) is 0. The monoisotopic (exact) mass is 1270 g/mol. The largest absolute Gasteiger partial charge is 0.228 e. The Bertz CT molecular complexity index is 2890. The van der Waals surface area contributed by atoms with Gasteiger partial charge in [-0.3, -0.25) is 26.3 Å². The van der Waals surface area contributed by atoms with E-state index in [-0.39, 0.29) is 0 Å². The smallest absolute Gasteiger partial charge is 0.121 e. The Morgan fingerprint density at radius 1 is 0.284 bits per heavy atom. The SMILES string of the molecule is Fc1[c-]c(F)c(F)c(F)c1F.Fc1[c-]c(F)c(F)c(F)c1F.Fc1[c-]c(F)c(F)c(F)c1F.[Cl][Au].c1ccc(P(=N[P+](c2ccccc2)(c2ccccc2)c2ccccc2)(c2ccccc2)c2ccccc2)cc1. The molecule has 0 aromatic heterocycles. The fraction of sp³-hybridized carbons (Fsp3) is 0. The van der Waals surface area contributed by atoms with Crippen LogP contribution >= 0.6 is 23.7 Å². The van der Waals surface area contributed by atoms with Crippen LogP contribution in [0.15, 0.2) is 187 Å². The van der Waals surface area contributed by atoms with Crippen LogP contribution in [0.1, 0.15) is 0 Å². The summed E-state index contributed by atoms with van der Waals surface area (Å²) in [5, 5.41) is 7.55. The van der Waals surface area contributed by atoms with Gasteiger partial charge in [0.2, 0.25) is 7.41 Å². The van der Waals surface area contributed by atoms with E-state index in [1.807, 2.05) is 0 Å². The van der Waals surface area contributed by atoms with Crippen LogP contribution in [-0.2, 0) is 20.0 Å². The topological polar surface area (TPSA) is 12.4 Å².